The van der Waals surface area contributed by atoms with Crippen molar-refractivity contribution in [3.63, 3.8) is 0 Å². The zero-order valence-electron chi connectivity index (χ0n) is 10.7. The molecule has 7 nitrogen and oxygen atoms in total. The summed E-state index contributed by atoms with van der Waals surface area (Å²) in [5.74, 6) is -0.546. The number of aromatic nitrogens is 3. The molecular weight excluding hydrogens is 270 g/mol. The van der Waals surface area contributed by atoms with Crippen molar-refractivity contribution in [3.05, 3.63) is 5.82 Å². The third-order valence-corrected chi connectivity index (χ3v) is 4.36. The number of carboxylic acid groups (broad SMARTS) is 1. The van der Waals surface area contributed by atoms with Gasteiger partial charge in [0.15, 0.2) is 11.0 Å². The number of nitrogens with zero attached hydrogens (tertiary/aromatic N) is 3. The highest BCUT2D eigenvalue weighted by molar-refractivity contribution is 7.99. The normalized spacial score (nSPS) is 17.2. The molecule has 1 aromatic rings. The smallest absolute Gasteiger partial charge is 0.313 e. The Balaban J connectivity index is 2.16. The number of aliphatic carboxylic acids is 1. The van der Waals surface area contributed by atoms with Crippen LogP contribution in [0.4, 0.5) is 0 Å². The van der Waals surface area contributed by atoms with E-state index in [9.17, 15) is 9.90 Å². The Labute approximate surface area is 115 Å². The Bertz CT molecular complexity index is 453. The van der Waals surface area contributed by atoms with Crippen LogP contribution in [0.25, 0.3) is 0 Å². The van der Waals surface area contributed by atoms with Gasteiger partial charge in [0.05, 0.1) is 17.9 Å². The molecule has 0 aliphatic heterocycles. The van der Waals surface area contributed by atoms with E-state index in [1.807, 2.05) is 0 Å². The van der Waals surface area contributed by atoms with E-state index in [2.05, 4.69) is 10.2 Å². The van der Waals surface area contributed by atoms with Gasteiger partial charge in [-0.1, -0.05) is 11.8 Å². The average molecular weight is 287 g/mol. The van der Waals surface area contributed by atoms with Crippen molar-refractivity contribution in [2.45, 2.75) is 43.2 Å². The Hall–Kier alpha value is -1.12. The van der Waals surface area contributed by atoms with Gasteiger partial charge in [0.1, 0.15) is 6.61 Å². The number of aliphatic hydroxyl groups is 1. The minimum absolute atomic E-state index is 0.0798. The summed E-state index contributed by atoms with van der Waals surface area (Å²) in [7, 11) is 1.67. The van der Waals surface area contributed by atoms with Gasteiger partial charge in [-0.2, -0.15) is 0 Å². The van der Waals surface area contributed by atoms with Crippen LogP contribution >= 0.6 is 11.8 Å². The van der Waals surface area contributed by atoms with E-state index in [1.54, 1.807) is 11.7 Å². The molecule has 0 aromatic carbocycles. The SMILES string of the molecule is COC1(Cn2c(CO)nnc2SCC(=O)O)CCC1. The molecule has 1 fully saturated rings. The van der Waals surface area contributed by atoms with Crippen molar-refractivity contribution in [1.29, 1.82) is 0 Å². The van der Waals surface area contributed by atoms with Crippen LogP contribution in [0, 0.1) is 0 Å². The molecule has 8 heteroatoms. The highest BCUT2D eigenvalue weighted by Crippen LogP contribution is 2.37. The fourth-order valence-corrected chi connectivity index (χ4v) is 2.79. The lowest BCUT2D eigenvalue weighted by molar-refractivity contribution is -0.133. The maximum atomic E-state index is 10.6. The molecule has 0 saturated heterocycles. The fourth-order valence-electron chi connectivity index (χ4n) is 2.11. The molecule has 0 bridgehead atoms. The number of carbonyl (C=O) groups is 1. The Morgan fingerprint density at radius 2 is 2.26 bits per heavy atom. The monoisotopic (exact) mass is 287 g/mol. The summed E-state index contributed by atoms with van der Waals surface area (Å²) in [5.41, 5.74) is -0.231. The van der Waals surface area contributed by atoms with E-state index in [-0.39, 0.29) is 18.0 Å². The predicted octanol–water partition coefficient (Wildman–Crippen LogP) is 0.516. The number of aliphatic hydroxyl groups excluding tert-OH is 1. The van der Waals surface area contributed by atoms with E-state index in [4.69, 9.17) is 9.84 Å². The summed E-state index contributed by atoms with van der Waals surface area (Å²) < 4.78 is 7.30. The molecular formula is C11H17N3O4S. The zero-order valence-corrected chi connectivity index (χ0v) is 11.5. The highest BCUT2D eigenvalue weighted by atomic mass is 32.2. The van der Waals surface area contributed by atoms with Crippen LogP contribution in [0.3, 0.4) is 0 Å². The van der Waals surface area contributed by atoms with Crippen LogP contribution in [0.1, 0.15) is 25.1 Å². The number of hydrogen-bond acceptors (Lipinski definition) is 6. The van der Waals surface area contributed by atoms with E-state index in [0.717, 1.165) is 31.0 Å². The number of carboxylic acids is 1. The molecule has 0 radical (unpaired) electrons. The minimum atomic E-state index is -0.907. The quantitative estimate of drug-likeness (QED) is 0.705. The summed E-state index contributed by atoms with van der Waals surface area (Å²) in [6.45, 7) is 0.328. The third-order valence-electron chi connectivity index (χ3n) is 3.40. The van der Waals surface area contributed by atoms with Gasteiger partial charge < -0.3 is 19.5 Å². The number of rotatable bonds is 7. The van der Waals surface area contributed by atoms with Gasteiger partial charge in [-0.3, -0.25) is 4.79 Å². The third kappa shape index (κ3) is 3.07. The number of methoxy groups -OCH3 is 1. The van der Waals surface area contributed by atoms with Gasteiger partial charge in [0, 0.05) is 7.11 Å². The Morgan fingerprint density at radius 3 is 2.74 bits per heavy atom. The molecule has 1 saturated carbocycles. The van der Waals surface area contributed by atoms with Crippen molar-refractivity contribution in [1.82, 2.24) is 14.8 Å². The molecule has 0 unspecified atom stereocenters. The van der Waals surface area contributed by atoms with Crippen LogP contribution in [0.5, 0.6) is 0 Å². The maximum absolute atomic E-state index is 10.6. The van der Waals surface area contributed by atoms with Crippen molar-refractivity contribution >= 4 is 17.7 Å². The van der Waals surface area contributed by atoms with E-state index >= 15 is 0 Å². The first kappa shape index (κ1) is 14.3. The van der Waals surface area contributed by atoms with Gasteiger partial charge >= 0.3 is 5.97 Å². The first-order valence-corrected chi connectivity index (χ1v) is 7.01. The predicted molar refractivity (Wildman–Crippen MR) is 67.9 cm³/mol. The molecule has 1 heterocycles. The van der Waals surface area contributed by atoms with Gasteiger partial charge in [0.25, 0.3) is 0 Å². The molecule has 0 atom stereocenters. The number of hydrogen-bond donors (Lipinski definition) is 2. The van der Waals surface area contributed by atoms with Crippen molar-refractivity contribution in [2.75, 3.05) is 12.9 Å². The zero-order chi connectivity index (χ0) is 13.9. The first-order valence-electron chi connectivity index (χ1n) is 6.03. The number of thioether (sulfide) groups is 1. The van der Waals surface area contributed by atoms with Crippen LogP contribution in [0.15, 0.2) is 5.16 Å². The van der Waals surface area contributed by atoms with Crippen LogP contribution < -0.4 is 0 Å². The molecule has 106 valence electrons. The second-order valence-corrected chi connectivity index (χ2v) is 5.51. The molecule has 2 rings (SSSR count). The summed E-state index contributed by atoms with van der Waals surface area (Å²) in [5, 5.41) is 26.3. The largest absolute Gasteiger partial charge is 0.481 e. The second-order valence-electron chi connectivity index (χ2n) is 4.57. The summed E-state index contributed by atoms with van der Waals surface area (Å²) >= 11 is 1.10. The molecule has 2 N–H and O–H groups in total. The van der Waals surface area contributed by atoms with Gasteiger partial charge in [0.2, 0.25) is 0 Å². The van der Waals surface area contributed by atoms with Crippen LogP contribution in [-0.2, 0) is 22.7 Å². The van der Waals surface area contributed by atoms with Gasteiger partial charge in [-0.15, -0.1) is 10.2 Å². The molecule has 1 aromatic heterocycles. The lowest BCUT2D eigenvalue weighted by Crippen LogP contribution is -2.43. The van der Waals surface area contributed by atoms with E-state index in [1.165, 1.54) is 0 Å². The Kier molecular flexibility index (Phi) is 4.43. The topological polar surface area (TPSA) is 97.5 Å². The summed E-state index contributed by atoms with van der Waals surface area (Å²) in [6.07, 6.45) is 3.02. The molecule has 1 aliphatic rings. The highest BCUT2D eigenvalue weighted by Gasteiger charge is 2.38. The van der Waals surface area contributed by atoms with E-state index < -0.39 is 5.97 Å². The fraction of sp³-hybridized carbons (Fsp3) is 0.727. The lowest BCUT2D eigenvalue weighted by Gasteiger charge is -2.41. The molecule has 1 aliphatic carbocycles. The Morgan fingerprint density at radius 1 is 1.53 bits per heavy atom. The van der Waals surface area contributed by atoms with Gasteiger partial charge in [-0.05, 0) is 19.3 Å². The van der Waals surface area contributed by atoms with Crippen LogP contribution in [-0.4, -0.2) is 49.4 Å². The summed E-state index contributed by atoms with van der Waals surface area (Å²) in [4.78, 5) is 10.6. The molecule has 0 amide bonds. The minimum Gasteiger partial charge on any atom is -0.481 e. The molecule has 0 spiro atoms. The lowest BCUT2D eigenvalue weighted by atomic mass is 9.80. The maximum Gasteiger partial charge on any atom is 0.313 e. The standard InChI is InChI=1S/C11H17N3O4S/c1-18-11(3-2-4-11)7-14-8(5-15)12-13-10(14)19-6-9(16)17/h15H,2-7H2,1H3,(H,16,17). The van der Waals surface area contributed by atoms with E-state index in [0.29, 0.717) is 17.5 Å². The molecule has 19 heavy (non-hydrogen) atoms. The average Bonchev–Trinajstić information content (AvgIpc) is 2.73. The summed E-state index contributed by atoms with van der Waals surface area (Å²) in [6, 6.07) is 0. The van der Waals surface area contributed by atoms with Crippen molar-refractivity contribution in [2.24, 2.45) is 0 Å². The number of ether oxygens (including phenoxy) is 1. The van der Waals surface area contributed by atoms with Crippen molar-refractivity contribution < 1.29 is 19.7 Å². The van der Waals surface area contributed by atoms with Crippen LogP contribution in [0.2, 0.25) is 0 Å². The first-order chi connectivity index (χ1) is 9.10. The van der Waals surface area contributed by atoms with Gasteiger partial charge in [-0.25, -0.2) is 0 Å². The second kappa shape index (κ2) is 5.89. The van der Waals surface area contributed by atoms with Crippen molar-refractivity contribution in [3.8, 4) is 0 Å².